The largest absolute Gasteiger partial charge is 0.380 e. The van der Waals surface area contributed by atoms with Crippen molar-refractivity contribution in [2.24, 2.45) is 0 Å². The lowest BCUT2D eigenvalue weighted by Crippen LogP contribution is -2.25. The third kappa shape index (κ3) is 3.15. The fourth-order valence-electron chi connectivity index (χ4n) is 2.62. The van der Waals surface area contributed by atoms with E-state index < -0.39 is 0 Å². The Morgan fingerprint density at radius 2 is 2.21 bits per heavy atom. The summed E-state index contributed by atoms with van der Waals surface area (Å²) >= 11 is 0. The molecule has 2 heterocycles. The van der Waals surface area contributed by atoms with Gasteiger partial charge < -0.3 is 15.4 Å². The maximum absolute atomic E-state index is 5.81. The summed E-state index contributed by atoms with van der Waals surface area (Å²) in [5, 5.41) is 0. The molecule has 1 atom stereocenters. The number of aryl methyl sites for hydroxylation is 1. The van der Waals surface area contributed by atoms with Crippen LogP contribution >= 0.6 is 0 Å². The summed E-state index contributed by atoms with van der Waals surface area (Å²) in [6.07, 6.45) is 4.70. The molecule has 0 saturated carbocycles. The number of hydrogen-bond acceptors (Lipinski definition) is 5. The first kappa shape index (κ1) is 14.1. The van der Waals surface area contributed by atoms with Crippen LogP contribution in [0.4, 0.5) is 11.8 Å². The number of nitrogens with zero attached hydrogens (tertiary/aromatic N) is 3. The van der Waals surface area contributed by atoms with Gasteiger partial charge in [0.15, 0.2) is 0 Å². The fourth-order valence-corrected chi connectivity index (χ4v) is 2.62. The zero-order valence-electron chi connectivity index (χ0n) is 12.1. The van der Waals surface area contributed by atoms with E-state index in [1.165, 1.54) is 12.0 Å². The van der Waals surface area contributed by atoms with Crippen molar-refractivity contribution in [1.82, 2.24) is 9.97 Å². The van der Waals surface area contributed by atoms with Crippen molar-refractivity contribution in [3.8, 4) is 0 Å². The predicted octanol–water partition coefficient (Wildman–Crippen LogP) is 1.93. The molecule has 0 aliphatic carbocycles. The number of ether oxygens (including phenoxy) is 1. The molecule has 2 N–H and O–H groups in total. The van der Waals surface area contributed by atoms with Crippen LogP contribution in [0.1, 0.15) is 37.4 Å². The van der Waals surface area contributed by atoms with Gasteiger partial charge in [0.1, 0.15) is 5.82 Å². The van der Waals surface area contributed by atoms with E-state index in [4.69, 9.17) is 10.5 Å². The molecule has 19 heavy (non-hydrogen) atoms. The van der Waals surface area contributed by atoms with Gasteiger partial charge in [0.05, 0.1) is 6.10 Å². The Bertz CT molecular complexity index is 436. The Balaban J connectivity index is 2.27. The van der Waals surface area contributed by atoms with Crippen LogP contribution in [0.5, 0.6) is 0 Å². The number of nitrogen functional groups attached to an aromatic ring is 1. The van der Waals surface area contributed by atoms with Gasteiger partial charge in [0, 0.05) is 31.5 Å². The molecule has 2 rings (SSSR count). The lowest BCUT2D eigenvalue weighted by atomic mass is 10.1. The predicted molar refractivity (Wildman–Crippen MR) is 77.4 cm³/mol. The highest BCUT2D eigenvalue weighted by atomic mass is 16.5. The maximum atomic E-state index is 5.81. The zero-order valence-corrected chi connectivity index (χ0v) is 12.1. The number of unbranched alkanes of at least 4 members (excludes halogenated alkanes) is 1. The average molecular weight is 264 g/mol. The number of methoxy groups -OCH3 is 1. The van der Waals surface area contributed by atoms with Crippen LogP contribution in [0.25, 0.3) is 0 Å². The minimum atomic E-state index is 0.301. The van der Waals surface area contributed by atoms with Gasteiger partial charge in [0.25, 0.3) is 0 Å². The fraction of sp³-hybridized carbons (Fsp3) is 0.714. The molecule has 106 valence electrons. The quantitative estimate of drug-likeness (QED) is 0.880. The normalized spacial score (nSPS) is 19.1. The molecule has 0 unspecified atom stereocenters. The van der Waals surface area contributed by atoms with Gasteiger partial charge in [-0.2, -0.15) is 4.98 Å². The first-order valence-electron chi connectivity index (χ1n) is 7.06. The summed E-state index contributed by atoms with van der Waals surface area (Å²) in [4.78, 5) is 11.1. The highest BCUT2D eigenvalue weighted by Gasteiger charge is 2.26. The summed E-state index contributed by atoms with van der Waals surface area (Å²) in [6.45, 7) is 6.10. The maximum Gasteiger partial charge on any atom is 0.222 e. The van der Waals surface area contributed by atoms with Gasteiger partial charge in [-0.3, -0.25) is 0 Å². The van der Waals surface area contributed by atoms with Crippen molar-refractivity contribution in [1.29, 1.82) is 0 Å². The minimum Gasteiger partial charge on any atom is -0.380 e. The zero-order chi connectivity index (χ0) is 13.8. The van der Waals surface area contributed by atoms with Crippen LogP contribution in [-0.4, -0.2) is 36.3 Å². The first-order chi connectivity index (χ1) is 9.15. The number of aromatic nitrogens is 2. The molecule has 1 aliphatic heterocycles. The van der Waals surface area contributed by atoms with Crippen molar-refractivity contribution in [3.63, 3.8) is 0 Å². The van der Waals surface area contributed by atoms with Crippen LogP contribution in [-0.2, 0) is 11.2 Å². The van der Waals surface area contributed by atoms with Crippen molar-refractivity contribution in [2.75, 3.05) is 30.8 Å². The molecule has 0 radical (unpaired) electrons. The van der Waals surface area contributed by atoms with Crippen LogP contribution in [0.2, 0.25) is 0 Å². The average Bonchev–Trinajstić information content (AvgIpc) is 2.85. The summed E-state index contributed by atoms with van der Waals surface area (Å²) in [7, 11) is 1.77. The van der Waals surface area contributed by atoms with E-state index in [1.807, 2.05) is 6.92 Å². The van der Waals surface area contributed by atoms with E-state index in [1.54, 1.807) is 7.11 Å². The van der Waals surface area contributed by atoms with Crippen LogP contribution in [0.3, 0.4) is 0 Å². The van der Waals surface area contributed by atoms with Gasteiger partial charge in [-0.15, -0.1) is 0 Å². The Morgan fingerprint density at radius 3 is 2.84 bits per heavy atom. The third-order valence-electron chi connectivity index (χ3n) is 3.77. The smallest absolute Gasteiger partial charge is 0.222 e. The molecule has 0 spiro atoms. The second kappa shape index (κ2) is 6.19. The number of nitrogens with two attached hydrogens (primary N) is 1. The van der Waals surface area contributed by atoms with Gasteiger partial charge in [-0.25, -0.2) is 4.98 Å². The van der Waals surface area contributed by atoms with Crippen molar-refractivity contribution in [3.05, 3.63) is 11.3 Å². The molecule has 0 aromatic carbocycles. The molecule has 5 heteroatoms. The lowest BCUT2D eigenvalue weighted by molar-refractivity contribution is 0.121. The Kier molecular flexibility index (Phi) is 4.58. The molecule has 1 aromatic rings. The first-order valence-corrected chi connectivity index (χ1v) is 7.06. The SMILES string of the molecule is CCCCc1c(C)nc(N)nc1N1CC[C@H](OC)C1. The van der Waals surface area contributed by atoms with Gasteiger partial charge in [-0.1, -0.05) is 13.3 Å². The van der Waals surface area contributed by atoms with Crippen molar-refractivity contribution < 1.29 is 4.74 Å². The number of rotatable bonds is 5. The van der Waals surface area contributed by atoms with Crippen LogP contribution in [0, 0.1) is 6.92 Å². The summed E-state index contributed by atoms with van der Waals surface area (Å²) in [5.41, 5.74) is 8.07. The molecular weight excluding hydrogens is 240 g/mol. The van der Waals surface area contributed by atoms with Gasteiger partial charge >= 0.3 is 0 Å². The topological polar surface area (TPSA) is 64.3 Å². The van der Waals surface area contributed by atoms with Crippen molar-refractivity contribution >= 4 is 11.8 Å². The molecule has 0 bridgehead atoms. The van der Waals surface area contributed by atoms with E-state index in [-0.39, 0.29) is 0 Å². The summed E-state index contributed by atoms with van der Waals surface area (Å²) in [6, 6.07) is 0. The van der Waals surface area contributed by atoms with E-state index in [0.717, 1.165) is 43.9 Å². The van der Waals surface area contributed by atoms with E-state index >= 15 is 0 Å². The molecule has 1 aliphatic rings. The van der Waals surface area contributed by atoms with Gasteiger partial charge in [-0.05, 0) is 26.2 Å². The van der Waals surface area contributed by atoms with Crippen LogP contribution in [0.15, 0.2) is 0 Å². The molecule has 1 saturated heterocycles. The molecule has 1 fully saturated rings. The molecule has 1 aromatic heterocycles. The molecule has 5 nitrogen and oxygen atoms in total. The lowest BCUT2D eigenvalue weighted by Gasteiger charge is -2.22. The Labute approximate surface area is 115 Å². The Hall–Kier alpha value is -1.36. The summed E-state index contributed by atoms with van der Waals surface area (Å²) in [5.74, 6) is 1.38. The molecular formula is C14H24N4O. The summed E-state index contributed by atoms with van der Waals surface area (Å²) < 4.78 is 5.43. The standard InChI is InChI=1S/C14H24N4O/c1-4-5-6-12-10(2)16-14(15)17-13(12)18-8-7-11(9-18)19-3/h11H,4-9H2,1-3H3,(H2,15,16,17)/t11-/m0/s1. The van der Waals surface area contributed by atoms with E-state index in [0.29, 0.717) is 12.1 Å². The monoisotopic (exact) mass is 264 g/mol. The second-order valence-electron chi connectivity index (χ2n) is 5.17. The highest BCUT2D eigenvalue weighted by molar-refractivity contribution is 5.52. The number of anilines is 2. The second-order valence-corrected chi connectivity index (χ2v) is 5.17. The van der Waals surface area contributed by atoms with E-state index in [9.17, 15) is 0 Å². The Morgan fingerprint density at radius 1 is 1.42 bits per heavy atom. The third-order valence-corrected chi connectivity index (χ3v) is 3.77. The van der Waals surface area contributed by atoms with Crippen LogP contribution < -0.4 is 10.6 Å². The number of hydrogen-bond donors (Lipinski definition) is 1. The van der Waals surface area contributed by atoms with E-state index in [2.05, 4.69) is 21.8 Å². The molecule has 0 amide bonds. The highest BCUT2D eigenvalue weighted by Crippen LogP contribution is 2.27. The minimum absolute atomic E-state index is 0.301. The van der Waals surface area contributed by atoms with Gasteiger partial charge in [0.2, 0.25) is 5.95 Å². The van der Waals surface area contributed by atoms with Crippen molar-refractivity contribution in [2.45, 2.75) is 45.6 Å².